The largest absolute Gasteiger partial charge is 0.323 e. The van der Waals surface area contributed by atoms with Gasteiger partial charge in [0, 0.05) is 21.5 Å². The van der Waals surface area contributed by atoms with Crippen molar-refractivity contribution < 1.29 is 4.39 Å². The van der Waals surface area contributed by atoms with E-state index in [9.17, 15) is 4.39 Å². The fourth-order valence-electron chi connectivity index (χ4n) is 2.40. The van der Waals surface area contributed by atoms with E-state index in [-0.39, 0.29) is 16.9 Å². The molecule has 0 saturated heterocycles. The van der Waals surface area contributed by atoms with E-state index in [1.54, 1.807) is 29.5 Å². The third-order valence-corrected chi connectivity index (χ3v) is 6.15. The van der Waals surface area contributed by atoms with Crippen molar-refractivity contribution >= 4 is 34.7 Å². The zero-order chi connectivity index (χ0) is 14.1. The number of aryl methyl sites for hydroxylation is 1. The Kier molecular flexibility index (Phi) is 4.36. The number of rotatable bonds is 3. The van der Waals surface area contributed by atoms with Crippen molar-refractivity contribution in [3.63, 3.8) is 0 Å². The first-order valence-corrected chi connectivity index (χ1v) is 8.88. The molecule has 3 rings (SSSR count). The molecule has 2 N–H and O–H groups in total. The van der Waals surface area contributed by atoms with E-state index >= 15 is 0 Å². The van der Waals surface area contributed by atoms with Gasteiger partial charge < -0.3 is 5.73 Å². The summed E-state index contributed by atoms with van der Waals surface area (Å²) in [4.78, 5) is 2.60. The molecule has 0 bridgehead atoms. The predicted molar refractivity (Wildman–Crippen MR) is 86.2 cm³/mol. The number of nitrogens with two attached hydrogens (primary N) is 1. The lowest BCUT2D eigenvalue weighted by Gasteiger charge is -2.11. The summed E-state index contributed by atoms with van der Waals surface area (Å²) in [7, 11) is 0. The number of thioether (sulfide) groups is 1. The standard InChI is InChI=1S/C15H15ClFNS2/c16-11-3-1-2-9(15(11)17)6-12(18)14-7-10-8-19-5-4-13(10)20-14/h1-3,7,12H,4-6,8,18H2. The summed E-state index contributed by atoms with van der Waals surface area (Å²) in [6, 6.07) is 7.11. The van der Waals surface area contributed by atoms with Gasteiger partial charge in [0.15, 0.2) is 0 Å². The van der Waals surface area contributed by atoms with Crippen LogP contribution in [0.25, 0.3) is 0 Å². The lowest BCUT2D eigenvalue weighted by molar-refractivity contribution is 0.595. The highest BCUT2D eigenvalue weighted by atomic mass is 35.5. The quantitative estimate of drug-likeness (QED) is 0.893. The van der Waals surface area contributed by atoms with Gasteiger partial charge in [-0.25, -0.2) is 4.39 Å². The molecule has 20 heavy (non-hydrogen) atoms. The highest BCUT2D eigenvalue weighted by Crippen LogP contribution is 2.35. The molecule has 1 aliphatic rings. The van der Waals surface area contributed by atoms with Gasteiger partial charge >= 0.3 is 0 Å². The van der Waals surface area contributed by atoms with E-state index in [2.05, 4.69) is 6.07 Å². The van der Waals surface area contributed by atoms with E-state index in [0.717, 1.165) is 17.1 Å². The van der Waals surface area contributed by atoms with Crippen LogP contribution in [0, 0.1) is 5.82 Å². The molecule has 0 radical (unpaired) electrons. The number of fused-ring (bicyclic) bond motifs is 1. The van der Waals surface area contributed by atoms with Gasteiger partial charge in [-0.1, -0.05) is 23.7 Å². The van der Waals surface area contributed by atoms with Crippen LogP contribution in [0.1, 0.15) is 26.9 Å². The molecule has 1 atom stereocenters. The van der Waals surface area contributed by atoms with Crippen molar-refractivity contribution in [2.45, 2.75) is 24.6 Å². The van der Waals surface area contributed by atoms with Crippen LogP contribution in [-0.2, 0) is 18.6 Å². The van der Waals surface area contributed by atoms with Gasteiger partial charge in [-0.2, -0.15) is 11.8 Å². The van der Waals surface area contributed by atoms with E-state index in [0.29, 0.717) is 12.0 Å². The molecule has 1 aromatic carbocycles. The predicted octanol–water partition coefficient (Wildman–Crippen LogP) is 4.57. The molecule has 0 saturated carbocycles. The van der Waals surface area contributed by atoms with Gasteiger partial charge in [-0.15, -0.1) is 11.3 Å². The topological polar surface area (TPSA) is 26.0 Å². The molecular weight excluding hydrogens is 313 g/mol. The third kappa shape index (κ3) is 2.89. The van der Waals surface area contributed by atoms with Crippen LogP contribution in [0.4, 0.5) is 4.39 Å². The zero-order valence-corrected chi connectivity index (χ0v) is 13.3. The number of hydrogen-bond donors (Lipinski definition) is 1. The molecule has 1 aromatic heterocycles. The summed E-state index contributed by atoms with van der Waals surface area (Å²) < 4.78 is 13.9. The maximum absolute atomic E-state index is 13.9. The average Bonchev–Trinajstić information content (AvgIpc) is 2.88. The molecular formula is C15H15ClFNS2. The summed E-state index contributed by atoms with van der Waals surface area (Å²) >= 11 is 9.55. The van der Waals surface area contributed by atoms with Crippen LogP contribution < -0.4 is 5.73 Å². The normalized spacial score (nSPS) is 15.9. The van der Waals surface area contributed by atoms with E-state index in [4.69, 9.17) is 17.3 Å². The molecule has 1 nitrogen and oxygen atoms in total. The number of benzene rings is 1. The van der Waals surface area contributed by atoms with Crippen molar-refractivity contribution in [2.75, 3.05) is 5.75 Å². The highest BCUT2D eigenvalue weighted by molar-refractivity contribution is 7.98. The summed E-state index contributed by atoms with van der Waals surface area (Å²) in [5, 5.41) is 0.163. The van der Waals surface area contributed by atoms with Gasteiger partial charge in [-0.3, -0.25) is 0 Å². The van der Waals surface area contributed by atoms with Crippen LogP contribution in [0.15, 0.2) is 24.3 Å². The third-order valence-electron chi connectivity index (χ3n) is 3.48. The first kappa shape index (κ1) is 14.4. The molecule has 0 amide bonds. The molecule has 1 unspecified atom stereocenters. The fourth-order valence-corrected chi connectivity index (χ4v) is 4.97. The molecule has 106 valence electrons. The average molecular weight is 328 g/mol. The van der Waals surface area contributed by atoms with E-state index in [1.165, 1.54) is 16.2 Å². The second-order valence-electron chi connectivity index (χ2n) is 4.92. The number of thiophene rings is 1. The summed E-state index contributed by atoms with van der Waals surface area (Å²) in [6.07, 6.45) is 1.61. The minimum atomic E-state index is -0.346. The maximum atomic E-state index is 13.9. The Hall–Kier alpha value is -0.550. The Morgan fingerprint density at radius 2 is 2.25 bits per heavy atom. The van der Waals surface area contributed by atoms with Crippen LogP contribution in [0.2, 0.25) is 5.02 Å². The monoisotopic (exact) mass is 327 g/mol. The molecule has 2 aromatic rings. The van der Waals surface area contributed by atoms with Gasteiger partial charge in [-0.05, 0) is 41.9 Å². The van der Waals surface area contributed by atoms with Crippen molar-refractivity contribution in [3.05, 3.63) is 56.0 Å². The van der Waals surface area contributed by atoms with Crippen LogP contribution in [0.5, 0.6) is 0 Å². The number of hydrogen-bond acceptors (Lipinski definition) is 3. The van der Waals surface area contributed by atoms with Crippen LogP contribution in [-0.4, -0.2) is 5.75 Å². The van der Waals surface area contributed by atoms with E-state index in [1.807, 2.05) is 11.8 Å². The van der Waals surface area contributed by atoms with Gasteiger partial charge in [0.2, 0.25) is 0 Å². The Balaban J connectivity index is 1.80. The Bertz CT molecular complexity index is 603. The Morgan fingerprint density at radius 1 is 1.40 bits per heavy atom. The van der Waals surface area contributed by atoms with Crippen molar-refractivity contribution in [3.8, 4) is 0 Å². The molecule has 0 fully saturated rings. The summed E-state index contributed by atoms with van der Waals surface area (Å²) in [5.74, 6) is 1.91. The van der Waals surface area contributed by atoms with Crippen LogP contribution >= 0.6 is 34.7 Å². The first-order chi connectivity index (χ1) is 9.65. The molecule has 5 heteroatoms. The Morgan fingerprint density at radius 3 is 3.05 bits per heavy atom. The molecule has 2 heterocycles. The maximum Gasteiger partial charge on any atom is 0.145 e. The van der Waals surface area contributed by atoms with Crippen LogP contribution in [0.3, 0.4) is 0 Å². The van der Waals surface area contributed by atoms with E-state index < -0.39 is 0 Å². The Labute approximate surface area is 131 Å². The molecule has 1 aliphatic heterocycles. The van der Waals surface area contributed by atoms with Gasteiger partial charge in [0.25, 0.3) is 0 Å². The van der Waals surface area contributed by atoms with Crippen molar-refractivity contribution in [2.24, 2.45) is 5.73 Å². The number of halogens is 2. The minimum Gasteiger partial charge on any atom is -0.323 e. The second-order valence-corrected chi connectivity index (χ2v) is 7.60. The zero-order valence-electron chi connectivity index (χ0n) is 10.9. The summed E-state index contributed by atoms with van der Waals surface area (Å²) in [6.45, 7) is 0. The minimum absolute atomic E-state index is 0.163. The van der Waals surface area contributed by atoms with Crippen molar-refractivity contribution in [1.82, 2.24) is 0 Å². The lowest BCUT2D eigenvalue weighted by atomic mass is 10.0. The lowest BCUT2D eigenvalue weighted by Crippen LogP contribution is -2.12. The SMILES string of the molecule is NC(Cc1cccc(Cl)c1F)c1cc2c(s1)CCSC2. The van der Waals surface area contributed by atoms with Gasteiger partial charge in [0.1, 0.15) is 5.82 Å². The first-order valence-electron chi connectivity index (χ1n) is 6.53. The highest BCUT2D eigenvalue weighted by Gasteiger charge is 2.18. The van der Waals surface area contributed by atoms with Crippen molar-refractivity contribution in [1.29, 1.82) is 0 Å². The molecule has 0 aliphatic carbocycles. The second kappa shape index (κ2) is 6.06. The molecule has 0 spiro atoms. The smallest absolute Gasteiger partial charge is 0.145 e. The van der Waals surface area contributed by atoms with Gasteiger partial charge in [0.05, 0.1) is 5.02 Å². The summed E-state index contributed by atoms with van der Waals surface area (Å²) in [5.41, 5.74) is 8.25. The fraction of sp³-hybridized carbons (Fsp3) is 0.333.